The first-order valence-corrected chi connectivity index (χ1v) is 10.4. The van der Waals surface area contributed by atoms with Crippen LogP contribution in [0.3, 0.4) is 0 Å². The zero-order valence-corrected chi connectivity index (χ0v) is 17.6. The van der Waals surface area contributed by atoms with Crippen LogP contribution in [0.15, 0.2) is 96.1 Å². The number of carbonyl (C=O) groups is 2. The molecule has 5 nitrogen and oxygen atoms in total. The van der Waals surface area contributed by atoms with E-state index in [9.17, 15) is 9.59 Å². The second-order valence-corrected chi connectivity index (χ2v) is 7.77. The van der Waals surface area contributed by atoms with Crippen LogP contribution in [0.2, 0.25) is 0 Å². The Morgan fingerprint density at radius 2 is 1.56 bits per heavy atom. The Labute approximate surface area is 186 Å². The van der Waals surface area contributed by atoms with Crippen LogP contribution in [0.4, 0.5) is 5.69 Å². The first-order valence-electron chi connectivity index (χ1n) is 10.4. The molecule has 2 amide bonds. The lowest BCUT2D eigenvalue weighted by Gasteiger charge is -2.18. The van der Waals surface area contributed by atoms with Crippen molar-refractivity contribution in [2.24, 2.45) is 5.10 Å². The van der Waals surface area contributed by atoms with E-state index in [-0.39, 0.29) is 11.8 Å². The van der Waals surface area contributed by atoms with E-state index in [0.717, 1.165) is 38.9 Å². The SMILES string of the molecule is CC(=NNC(=O)c1ccc(CN2C(=O)c3cccc4cccc2c34)cc1)c1ccccc1. The summed E-state index contributed by atoms with van der Waals surface area (Å²) in [5.74, 6) is -0.273. The third kappa shape index (κ3) is 3.54. The minimum atomic E-state index is -0.277. The highest BCUT2D eigenvalue weighted by Crippen LogP contribution is 2.37. The molecule has 0 aliphatic carbocycles. The highest BCUT2D eigenvalue weighted by atomic mass is 16.2. The standard InChI is InChI=1S/C27H21N3O2/c1-18(20-7-3-2-4-8-20)28-29-26(31)22-15-13-19(14-16-22)17-30-24-12-6-10-21-9-5-11-23(25(21)24)27(30)32/h2-16H,17H2,1H3,(H,29,31). The van der Waals surface area contributed by atoms with Crippen LogP contribution in [0.1, 0.15) is 38.8 Å². The van der Waals surface area contributed by atoms with Gasteiger partial charge in [-0.15, -0.1) is 0 Å². The molecule has 5 rings (SSSR count). The maximum atomic E-state index is 13.0. The lowest BCUT2D eigenvalue weighted by atomic mass is 10.1. The Balaban J connectivity index is 1.30. The van der Waals surface area contributed by atoms with Gasteiger partial charge < -0.3 is 4.90 Å². The Morgan fingerprint density at radius 3 is 2.31 bits per heavy atom. The van der Waals surface area contributed by atoms with Gasteiger partial charge in [0.15, 0.2) is 0 Å². The maximum Gasteiger partial charge on any atom is 0.271 e. The molecule has 0 unspecified atom stereocenters. The Morgan fingerprint density at radius 1 is 0.844 bits per heavy atom. The van der Waals surface area contributed by atoms with Crippen molar-refractivity contribution in [2.75, 3.05) is 4.90 Å². The quantitative estimate of drug-likeness (QED) is 0.359. The van der Waals surface area contributed by atoms with Gasteiger partial charge in [-0.2, -0.15) is 5.10 Å². The van der Waals surface area contributed by atoms with Crippen molar-refractivity contribution >= 4 is 34.0 Å². The number of hydrogen-bond acceptors (Lipinski definition) is 3. The van der Waals surface area contributed by atoms with E-state index in [1.54, 1.807) is 17.0 Å². The summed E-state index contributed by atoms with van der Waals surface area (Å²) in [6.07, 6.45) is 0. The second kappa shape index (κ2) is 8.12. The summed E-state index contributed by atoms with van der Waals surface area (Å²) in [5.41, 5.74) is 7.41. The number of nitrogens with one attached hydrogen (secondary N) is 1. The first-order chi connectivity index (χ1) is 15.6. The van der Waals surface area contributed by atoms with Crippen LogP contribution in [0, 0.1) is 0 Å². The van der Waals surface area contributed by atoms with Crippen molar-refractivity contribution in [1.82, 2.24) is 5.43 Å². The summed E-state index contributed by atoms with van der Waals surface area (Å²) in [4.78, 5) is 27.2. The van der Waals surface area contributed by atoms with E-state index in [1.807, 2.05) is 85.8 Å². The summed E-state index contributed by atoms with van der Waals surface area (Å²) in [7, 11) is 0. The van der Waals surface area contributed by atoms with Gasteiger partial charge in [0.25, 0.3) is 11.8 Å². The summed E-state index contributed by atoms with van der Waals surface area (Å²) in [6, 6.07) is 28.7. The highest BCUT2D eigenvalue weighted by Gasteiger charge is 2.29. The third-order valence-electron chi connectivity index (χ3n) is 5.72. The zero-order valence-electron chi connectivity index (χ0n) is 17.6. The Kier molecular flexibility index (Phi) is 5.00. The molecule has 0 fully saturated rings. The molecule has 0 saturated carbocycles. The average Bonchev–Trinajstić information content (AvgIpc) is 3.11. The largest absolute Gasteiger partial charge is 0.303 e. The average molecular weight is 419 g/mol. The highest BCUT2D eigenvalue weighted by molar-refractivity contribution is 6.24. The Hall–Kier alpha value is -4.25. The van der Waals surface area contributed by atoms with E-state index < -0.39 is 0 Å². The van der Waals surface area contributed by atoms with Gasteiger partial charge in [-0.05, 0) is 47.7 Å². The van der Waals surface area contributed by atoms with Gasteiger partial charge in [-0.3, -0.25) is 9.59 Å². The van der Waals surface area contributed by atoms with Crippen molar-refractivity contribution < 1.29 is 9.59 Å². The fourth-order valence-electron chi connectivity index (χ4n) is 4.02. The topological polar surface area (TPSA) is 61.8 Å². The molecule has 4 aromatic rings. The van der Waals surface area contributed by atoms with E-state index in [1.165, 1.54) is 0 Å². The minimum Gasteiger partial charge on any atom is -0.303 e. The lowest BCUT2D eigenvalue weighted by molar-refractivity contribution is 0.0953. The summed E-state index contributed by atoms with van der Waals surface area (Å²) >= 11 is 0. The number of anilines is 1. The van der Waals surface area contributed by atoms with Crippen molar-refractivity contribution in [3.05, 3.63) is 113 Å². The first kappa shape index (κ1) is 19.7. The molecule has 1 heterocycles. The van der Waals surface area contributed by atoms with Crippen LogP contribution in [-0.4, -0.2) is 17.5 Å². The van der Waals surface area contributed by atoms with E-state index in [2.05, 4.69) is 10.5 Å². The number of carbonyl (C=O) groups excluding carboxylic acids is 2. The molecule has 0 spiro atoms. The van der Waals surface area contributed by atoms with Crippen LogP contribution in [-0.2, 0) is 6.54 Å². The van der Waals surface area contributed by atoms with Crippen LogP contribution in [0.5, 0.6) is 0 Å². The molecule has 0 aromatic heterocycles. The molecule has 1 aliphatic rings. The molecule has 1 N–H and O–H groups in total. The summed E-state index contributed by atoms with van der Waals surface area (Å²) in [6.45, 7) is 2.30. The number of rotatable bonds is 5. The normalized spacial score (nSPS) is 13.0. The van der Waals surface area contributed by atoms with Crippen molar-refractivity contribution in [3.63, 3.8) is 0 Å². The second-order valence-electron chi connectivity index (χ2n) is 7.77. The van der Waals surface area contributed by atoms with Gasteiger partial charge in [-0.1, -0.05) is 66.7 Å². The van der Waals surface area contributed by atoms with E-state index in [0.29, 0.717) is 12.1 Å². The molecule has 0 atom stereocenters. The van der Waals surface area contributed by atoms with Crippen LogP contribution in [0.25, 0.3) is 10.8 Å². The predicted octanol–water partition coefficient (Wildman–Crippen LogP) is 5.15. The van der Waals surface area contributed by atoms with Gasteiger partial charge in [0.05, 0.1) is 17.9 Å². The molecule has 32 heavy (non-hydrogen) atoms. The van der Waals surface area contributed by atoms with Gasteiger partial charge in [0.2, 0.25) is 0 Å². The van der Waals surface area contributed by atoms with E-state index >= 15 is 0 Å². The molecule has 0 saturated heterocycles. The van der Waals surface area contributed by atoms with Crippen molar-refractivity contribution in [2.45, 2.75) is 13.5 Å². The van der Waals surface area contributed by atoms with Crippen molar-refractivity contribution in [1.29, 1.82) is 0 Å². The fourth-order valence-corrected chi connectivity index (χ4v) is 4.02. The van der Waals surface area contributed by atoms with Gasteiger partial charge in [0.1, 0.15) is 0 Å². The van der Waals surface area contributed by atoms with E-state index in [4.69, 9.17) is 0 Å². The zero-order chi connectivity index (χ0) is 22.1. The van der Waals surface area contributed by atoms with Crippen LogP contribution >= 0.6 is 0 Å². The fraction of sp³-hybridized carbons (Fsp3) is 0.0741. The maximum absolute atomic E-state index is 13.0. The molecule has 1 aliphatic heterocycles. The smallest absolute Gasteiger partial charge is 0.271 e. The number of hydrogen-bond donors (Lipinski definition) is 1. The lowest BCUT2D eigenvalue weighted by Crippen LogP contribution is -2.26. The Bertz CT molecular complexity index is 1350. The van der Waals surface area contributed by atoms with Gasteiger partial charge in [-0.25, -0.2) is 5.43 Å². The number of benzene rings is 4. The summed E-state index contributed by atoms with van der Waals surface area (Å²) < 4.78 is 0. The number of amides is 2. The molecular weight excluding hydrogens is 398 g/mol. The van der Waals surface area contributed by atoms with Gasteiger partial charge >= 0.3 is 0 Å². The van der Waals surface area contributed by atoms with Crippen LogP contribution < -0.4 is 10.3 Å². The molecule has 0 bridgehead atoms. The minimum absolute atomic E-state index is 0.00402. The molecular formula is C27H21N3O2. The number of nitrogens with zero attached hydrogens (tertiary/aromatic N) is 2. The van der Waals surface area contributed by atoms with Crippen molar-refractivity contribution in [3.8, 4) is 0 Å². The molecule has 4 aromatic carbocycles. The number of hydrazone groups is 1. The molecule has 156 valence electrons. The summed E-state index contributed by atoms with van der Waals surface area (Å²) in [5, 5.41) is 6.26. The molecule has 5 heteroatoms. The predicted molar refractivity (Wildman–Crippen MR) is 127 cm³/mol. The third-order valence-corrected chi connectivity index (χ3v) is 5.72. The van der Waals surface area contributed by atoms with Gasteiger partial charge in [0, 0.05) is 16.5 Å². The molecule has 0 radical (unpaired) electrons. The monoisotopic (exact) mass is 419 g/mol.